The quantitative estimate of drug-likeness (QED) is 0.671. The summed E-state index contributed by atoms with van der Waals surface area (Å²) in [6.07, 6.45) is 2.22. The Hall–Kier alpha value is -2.97. The van der Waals surface area contributed by atoms with Gasteiger partial charge in [-0.1, -0.05) is 36.4 Å². The lowest BCUT2D eigenvalue weighted by Crippen LogP contribution is -2.62. The third-order valence-electron chi connectivity index (χ3n) is 5.23. The van der Waals surface area contributed by atoms with E-state index in [0.717, 1.165) is 10.4 Å². The number of benzene rings is 1. The van der Waals surface area contributed by atoms with Crippen molar-refractivity contribution in [1.82, 2.24) is 15.2 Å². The minimum atomic E-state index is -0.974. The highest BCUT2D eigenvalue weighted by Crippen LogP contribution is 2.34. The maximum atomic E-state index is 12.8. The predicted molar refractivity (Wildman–Crippen MR) is 107 cm³/mol. The van der Waals surface area contributed by atoms with Crippen LogP contribution in [0.1, 0.15) is 27.4 Å². The van der Waals surface area contributed by atoms with Gasteiger partial charge < -0.3 is 19.7 Å². The predicted octanol–water partition coefficient (Wildman–Crippen LogP) is 2.20. The first-order valence-electron chi connectivity index (χ1n) is 9.33. The second-order valence-electron chi connectivity index (χ2n) is 7.02. The number of hydrogen-bond donors (Lipinski definition) is 2. The van der Waals surface area contributed by atoms with Crippen LogP contribution in [-0.2, 0) is 16.8 Å². The van der Waals surface area contributed by atoms with E-state index in [4.69, 9.17) is 4.42 Å². The molecule has 8 heteroatoms. The Morgan fingerprint density at radius 2 is 2.10 bits per heavy atom. The van der Waals surface area contributed by atoms with Gasteiger partial charge in [0.25, 0.3) is 5.91 Å². The number of rotatable bonds is 5. The van der Waals surface area contributed by atoms with E-state index in [-0.39, 0.29) is 30.5 Å². The maximum absolute atomic E-state index is 12.8. The molecule has 0 aliphatic carbocycles. The van der Waals surface area contributed by atoms with E-state index >= 15 is 0 Å². The lowest BCUT2D eigenvalue weighted by molar-refractivity contribution is -0.125. The van der Waals surface area contributed by atoms with Crippen LogP contribution in [0.4, 0.5) is 0 Å². The Balaban J connectivity index is 1.56. The molecule has 0 bridgehead atoms. The van der Waals surface area contributed by atoms with Crippen molar-refractivity contribution in [2.24, 2.45) is 0 Å². The average molecular weight is 411 g/mol. The Morgan fingerprint density at radius 3 is 2.76 bits per heavy atom. The molecule has 1 fully saturated rings. The fourth-order valence-electron chi connectivity index (χ4n) is 3.75. The van der Waals surface area contributed by atoms with Gasteiger partial charge in [0.1, 0.15) is 0 Å². The van der Waals surface area contributed by atoms with E-state index in [2.05, 4.69) is 10.3 Å². The van der Waals surface area contributed by atoms with Gasteiger partial charge in [-0.25, -0.2) is 4.98 Å². The zero-order chi connectivity index (χ0) is 20.3. The maximum Gasteiger partial charge on any atom is 0.291 e. The zero-order valence-electron chi connectivity index (χ0n) is 15.7. The van der Waals surface area contributed by atoms with Gasteiger partial charge in [0.05, 0.1) is 24.3 Å². The summed E-state index contributed by atoms with van der Waals surface area (Å²) in [4.78, 5) is 31.6. The third-order valence-corrected chi connectivity index (χ3v) is 6.11. The molecule has 2 amide bonds. The SMILES string of the molecule is O=C(Cc1cccs1)N[C@]1(c2ccccc2)CCN(C(=O)c2cnco2)C[C@H]1O. The Morgan fingerprint density at radius 1 is 1.28 bits per heavy atom. The molecule has 3 aromatic rings. The van der Waals surface area contributed by atoms with E-state index < -0.39 is 11.6 Å². The molecule has 2 aromatic heterocycles. The first-order chi connectivity index (χ1) is 14.1. The van der Waals surface area contributed by atoms with Crippen molar-refractivity contribution < 1.29 is 19.1 Å². The average Bonchev–Trinajstić information content (AvgIpc) is 3.44. The molecule has 29 heavy (non-hydrogen) atoms. The highest BCUT2D eigenvalue weighted by Gasteiger charge is 2.46. The minimum Gasteiger partial charge on any atom is -0.438 e. The number of β-amino-alcohol motifs (C(OH)–C–C–N with tert-alkyl or cyclic N) is 1. The molecule has 0 radical (unpaired) electrons. The molecule has 0 saturated carbocycles. The Labute approximate surface area is 172 Å². The number of carbonyl (C=O) groups is 2. The van der Waals surface area contributed by atoms with Gasteiger partial charge in [-0.15, -0.1) is 11.3 Å². The van der Waals surface area contributed by atoms with E-state index in [9.17, 15) is 14.7 Å². The first kappa shape index (κ1) is 19.4. The number of amides is 2. The molecule has 0 spiro atoms. The number of likely N-dealkylation sites (tertiary alicyclic amines) is 1. The summed E-state index contributed by atoms with van der Waals surface area (Å²) in [6, 6.07) is 13.2. The van der Waals surface area contributed by atoms with E-state index in [1.807, 2.05) is 47.8 Å². The summed E-state index contributed by atoms with van der Waals surface area (Å²) in [5.41, 5.74) is -0.146. The largest absolute Gasteiger partial charge is 0.438 e. The highest BCUT2D eigenvalue weighted by molar-refractivity contribution is 7.10. The third kappa shape index (κ3) is 3.94. The molecule has 4 rings (SSSR count). The first-order valence-corrected chi connectivity index (χ1v) is 10.2. The van der Waals surface area contributed by atoms with E-state index in [1.54, 1.807) is 0 Å². The fraction of sp³-hybridized carbons (Fsp3) is 0.286. The summed E-state index contributed by atoms with van der Waals surface area (Å²) < 4.78 is 5.09. The lowest BCUT2D eigenvalue weighted by atomic mass is 9.78. The lowest BCUT2D eigenvalue weighted by Gasteiger charge is -2.46. The van der Waals surface area contributed by atoms with Crippen molar-refractivity contribution in [3.8, 4) is 0 Å². The van der Waals surface area contributed by atoms with E-state index in [0.29, 0.717) is 13.0 Å². The van der Waals surface area contributed by atoms with Crippen molar-refractivity contribution in [3.05, 3.63) is 76.6 Å². The van der Waals surface area contributed by atoms with Crippen molar-refractivity contribution in [2.45, 2.75) is 24.5 Å². The molecule has 3 heterocycles. The molecule has 1 aromatic carbocycles. The van der Waals surface area contributed by atoms with Gasteiger partial charge in [-0.05, 0) is 23.4 Å². The summed E-state index contributed by atoms with van der Waals surface area (Å²) in [5, 5.41) is 16.1. The normalized spacial score (nSPS) is 21.7. The van der Waals surface area contributed by atoms with Crippen LogP contribution in [0.25, 0.3) is 0 Å². The fourth-order valence-corrected chi connectivity index (χ4v) is 4.45. The van der Waals surface area contributed by atoms with Crippen LogP contribution in [-0.4, -0.2) is 46.0 Å². The van der Waals surface area contributed by atoms with Crippen LogP contribution in [0.2, 0.25) is 0 Å². The van der Waals surface area contributed by atoms with Crippen molar-refractivity contribution in [3.63, 3.8) is 0 Å². The number of nitrogens with one attached hydrogen (secondary N) is 1. The number of aromatic nitrogens is 1. The van der Waals surface area contributed by atoms with Crippen molar-refractivity contribution >= 4 is 23.2 Å². The molecular formula is C21H21N3O4S. The van der Waals surface area contributed by atoms with Crippen LogP contribution in [0.5, 0.6) is 0 Å². The topological polar surface area (TPSA) is 95.7 Å². The number of nitrogens with zero attached hydrogens (tertiary/aromatic N) is 2. The highest BCUT2D eigenvalue weighted by atomic mass is 32.1. The molecule has 1 aliphatic rings. The number of hydrogen-bond acceptors (Lipinski definition) is 6. The summed E-state index contributed by atoms with van der Waals surface area (Å²) in [5.74, 6) is -0.357. The molecule has 7 nitrogen and oxygen atoms in total. The van der Waals surface area contributed by atoms with Crippen LogP contribution < -0.4 is 5.32 Å². The molecule has 1 saturated heterocycles. The number of aliphatic hydroxyl groups excluding tert-OH is 1. The molecule has 2 atom stereocenters. The summed E-state index contributed by atoms with van der Waals surface area (Å²) in [6.45, 7) is 0.443. The minimum absolute atomic E-state index is 0.0771. The molecule has 1 aliphatic heterocycles. The van der Waals surface area contributed by atoms with Gasteiger partial charge in [0.15, 0.2) is 6.39 Å². The molecular weight excluding hydrogens is 390 g/mol. The van der Waals surface area contributed by atoms with Crippen LogP contribution in [0.15, 0.2) is 64.9 Å². The zero-order valence-corrected chi connectivity index (χ0v) is 16.5. The van der Waals surface area contributed by atoms with Gasteiger partial charge >= 0.3 is 0 Å². The van der Waals surface area contributed by atoms with Crippen molar-refractivity contribution in [1.29, 1.82) is 0 Å². The standard InChI is InChI=1S/C21H21N3O4S/c25-18-13-24(20(27)17-12-22-14-28-17)9-8-21(18,15-5-2-1-3-6-15)23-19(26)11-16-7-4-10-29-16/h1-7,10,12,14,18,25H,8-9,11,13H2,(H,23,26)/t18-,21+/m1/s1. The second kappa shape index (κ2) is 8.18. The number of thiophene rings is 1. The monoisotopic (exact) mass is 411 g/mol. The summed E-state index contributed by atoms with van der Waals surface area (Å²) in [7, 11) is 0. The number of aliphatic hydroxyl groups is 1. The van der Waals surface area contributed by atoms with Crippen LogP contribution in [0.3, 0.4) is 0 Å². The summed E-state index contributed by atoms with van der Waals surface area (Å²) >= 11 is 1.52. The van der Waals surface area contributed by atoms with Gasteiger partial charge in [-0.2, -0.15) is 0 Å². The Kier molecular flexibility index (Phi) is 5.46. The van der Waals surface area contributed by atoms with Crippen LogP contribution in [0, 0.1) is 0 Å². The van der Waals surface area contributed by atoms with Gasteiger partial charge in [0.2, 0.25) is 11.7 Å². The molecule has 0 unspecified atom stereocenters. The second-order valence-corrected chi connectivity index (χ2v) is 8.06. The molecule has 2 N–H and O–H groups in total. The number of oxazole rings is 1. The van der Waals surface area contributed by atoms with Gasteiger partial charge in [-0.3, -0.25) is 9.59 Å². The number of piperidine rings is 1. The Bertz CT molecular complexity index is 959. The van der Waals surface area contributed by atoms with Crippen LogP contribution >= 0.6 is 11.3 Å². The number of carbonyl (C=O) groups excluding carboxylic acids is 2. The van der Waals surface area contributed by atoms with E-state index in [1.165, 1.54) is 28.8 Å². The van der Waals surface area contributed by atoms with Gasteiger partial charge in [0, 0.05) is 18.0 Å². The smallest absolute Gasteiger partial charge is 0.291 e. The molecule has 150 valence electrons. The van der Waals surface area contributed by atoms with Crippen molar-refractivity contribution in [2.75, 3.05) is 13.1 Å².